The number of carbonyl (C=O) groups excluding carboxylic acids is 1. The Morgan fingerprint density at radius 1 is 1.42 bits per heavy atom. The molecule has 0 bridgehead atoms. The summed E-state index contributed by atoms with van der Waals surface area (Å²) in [6.07, 6.45) is 1.31. The number of amides is 1. The minimum Gasteiger partial charge on any atom is -0.481 e. The SMILES string of the molecule is Cc1cc([N+](=O)[O-])ccc1C(=O)NCC(C(=O)O)C1CCOCC1. The first kappa shape index (κ1) is 17.9. The van der Waals surface area contributed by atoms with Crippen molar-refractivity contribution in [3.05, 3.63) is 39.4 Å². The van der Waals surface area contributed by atoms with Crippen molar-refractivity contribution < 1.29 is 24.4 Å². The number of nitro benzene ring substituents is 1. The van der Waals surface area contributed by atoms with Crippen LogP contribution in [-0.2, 0) is 9.53 Å². The van der Waals surface area contributed by atoms with E-state index in [1.54, 1.807) is 6.92 Å². The Bertz CT molecular complexity index is 639. The van der Waals surface area contributed by atoms with Crippen LogP contribution in [0.1, 0.15) is 28.8 Å². The van der Waals surface area contributed by atoms with Gasteiger partial charge in [-0.05, 0) is 37.3 Å². The van der Waals surface area contributed by atoms with Gasteiger partial charge in [0.1, 0.15) is 0 Å². The highest BCUT2D eigenvalue weighted by Gasteiger charge is 2.30. The third-order valence-corrected chi connectivity index (χ3v) is 4.30. The van der Waals surface area contributed by atoms with Crippen LogP contribution in [0, 0.1) is 28.9 Å². The molecule has 1 heterocycles. The second kappa shape index (κ2) is 7.87. The van der Waals surface area contributed by atoms with Crippen LogP contribution in [0.5, 0.6) is 0 Å². The number of ether oxygens (including phenoxy) is 1. The zero-order valence-corrected chi connectivity index (χ0v) is 13.4. The standard InChI is InChI=1S/C16H20N2O6/c1-10-8-12(18(22)23)2-3-13(10)15(19)17-9-14(16(20)21)11-4-6-24-7-5-11/h2-3,8,11,14H,4-7,9H2,1H3,(H,17,19)(H,20,21). The third kappa shape index (κ3) is 4.29. The van der Waals surface area contributed by atoms with Crippen molar-refractivity contribution in [3.8, 4) is 0 Å². The van der Waals surface area contributed by atoms with E-state index in [4.69, 9.17) is 4.74 Å². The number of benzene rings is 1. The second-order valence-corrected chi connectivity index (χ2v) is 5.86. The van der Waals surface area contributed by atoms with Crippen LogP contribution in [0.25, 0.3) is 0 Å². The summed E-state index contributed by atoms with van der Waals surface area (Å²) in [5.41, 5.74) is 0.686. The Morgan fingerprint density at radius 3 is 2.62 bits per heavy atom. The monoisotopic (exact) mass is 336 g/mol. The molecular formula is C16H20N2O6. The lowest BCUT2D eigenvalue weighted by molar-refractivity contribution is -0.384. The molecule has 2 N–H and O–H groups in total. The van der Waals surface area contributed by atoms with Gasteiger partial charge in [-0.15, -0.1) is 0 Å². The molecule has 8 heteroatoms. The number of non-ortho nitro benzene ring substituents is 1. The molecule has 1 fully saturated rings. The van der Waals surface area contributed by atoms with Gasteiger partial charge in [-0.1, -0.05) is 0 Å². The summed E-state index contributed by atoms with van der Waals surface area (Å²) in [6, 6.07) is 3.96. The number of nitrogens with one attached hydrogen (secondary N) is 1. The van der Waals surface area contributed by atoms with E-state index < -0.39 is 22.7 Å². The maximum Gasteiger partial charge on any atom is 0.308 e. The fourth-order valence-electron chi connectivity index (χ4n) is 2.89. The predicted octanol–water partition coefficient (Wildman–Crippen LogP) is 1.76. The molecule has 1 saturated heterocycles. The van der Waals surface area contributed by atoms with Crippen LogP contribution < -0.4 is 5.32 Å². The third-order valence-electron chi connectivity index (χ3n) is 4.30. The molecule has 1 aromatic carbocycles. The molecular weight excluding hydrogens is 316 g/mol. The first-order chi connectivity index (χ1) is 11.4. The number of hydrogen-bond donors (Lipinski definition) is 2. The van der Waals surface area contributed by atoms with Gasteiger partial charge in [-0.2, -0.15) is 0 Å². The van der Waals surface area contributed by atoms with E-state index in [0.29, 0.717) is 37.2 Å². The maximum absolute atomic E-state index is 12.3. The molecule has 1 amide bonds. The highest BCUT2D eigenvalue weighted by Crippen LogP contribution is 2.24. The molecule has 130 valence electrons. The first-order valence-electron chi connectivity index (χ1n) is 7.74. The molecule has 1 atom stereocenters. The average Bonchev–Trinajstić information content (AvgIpc) is 2.55. The van der Waals surface area contributed by atoms with E-state index >= 15 is 0 Å². The molecule has 0 saturated carbocycles. The van der Waals surface area contributed by atoms with E-state index in [9.17, 15) is 24.8 Å². The van der Waals surface area contributed by atoms with Crippen LogP contribution in [0.4, 0.5) is 5.69 Å². The van der Waals surface area contributed by atoms with Gasteiger partial charge < -0.3 is 15.2 Å². The largest absolute Gasteiger partial charge is 0.481 e. The van der Waals surface area contributed by atoms with Gasteiger partial charge in [-0.3, -0.25) is 19.7 Å². The Labute approximate surface area is 139 Å². The first-order valence-corrected chi connectivity index (χ1v) is 7.74. The molecule has 0 radical (unpaired) electrons. The highest BCUT2D eigenvalue weighted by atomic mass is 16.6. The number of carbonyl (C=O) groups is 2. The summed E-state index contributed by atoms with van der Waals surface area (Å²) in [4.78, 5) is 33.9. The van der Waals surface area contributed by atoms with Crippen LogP contribution in [0.15, 0.2) is 18.2 Å². The predicted molar refractivity (Wildman–Crippen MR) is 84.8 cm³/mol. The quantitative estimate of drug-likeness (QED) is 0.603. The van der Waals surface area contributed by atoms with E-state index in [0.717, 1.165) is 0 Å². The lowest BCUT2D eigenvalue weighted by Crippen LogP contribution is -2.39. The zero-order chi connectivity index (χ0) is 17.7. The summed E-state index contributed by atoms with van der Waals surface area (Å²) < 4.78 is 5.24. The summed E-state index contributed by atoms with van der Waals surface area (Å²) in [5.74, 6) is -2.07. The summed E-state index contributed by atoms with van der Waals surface area (Å²) in [7, 11) is 0. The van der Waals surface area contributed by atoms with Crippen LogP contribution in [-0.4, -0.2) is 41.7 Å². The summed E-state index contributed by atoms with van der Waals surface area (Å²) in [6.45, 7) is 2.69. The minimum atomic E-state index is -0.942. The summed E-state index contributed by atoms with van der Waals surface area (Å²) >= 11 is 0. The fourth-order valence-corrected chi connectivity index (χ4v) is 2.89. The van der Waals surface area contributed by atoms with Gasteiger partial charge in [0, 0.05) is 37.5 Å². The number of aliphatic carboxylic acids is 1. The number of carboxylic acid groups (broad SMARTS) is 1. The molecule has 1 aliphatic rings. The van der Waals surface area contributed by atoms with Crippen molar-refractivity contribution in [1.82, 2.24) is 5.32 Å². The number of hydrogen-bond acceptors (Lipinski definition) is 5. The number of nitro groups is 1. The van der Waals surface area contributed by atoms with Crippen molar-refractivity contribution in [2.24, 2.45) is 11.8 Å². The van der Waals surface area contributed by atoms with E-state index in [1.165, 1.54) is 18.2 Å². The van der Waals surface area contributed by atoms with Crippen LogP contribution in [0.2, 0.25) is 0 Å². The van der Waals surface area contributed by atoms with Gasteiger partial charge in [0.25, 0.3) is 11.6 Å². The van der Waals surface area contributed by atoms with Gasteiger partial charge >= 0.3 is 5.97 Å². The molecule has 2 rings (SSSR count). The van der Waals surface area contributed by atoms with Gasteiger partial charge in [0.15, 0.2) is 0 Å². The van der Waals surface area contributed by atoms with Crippen molar-refractivity contribution in [2.75, 3.05) is 19.8 Å². The molecule has 24 heavy (non-hydrogen) atoms. The Kier molecular flexibility index (Phi) is 5.86. The van der Waals surface area contributed by atoms with Gasteiger partial charge in [0.2, 0.25) is 0 Å². The molecule has 1 aromatic rings. The topological polar surface area (TPSA) is 119 Å². The second-order valence-electron chi connectivity index (χ2n) is 5.86. The minimum absolute atomic E-state index is 0.0231. The normalized spacial score (nSPS) is 16.4. The smallest absolute Gasteiger partial charge is 0.308 e. The number of nitrogens with zero attached hydrogens (tertiary/aromatic N) is 1. The number of aryl methyl sites for hydroxylation is 1. The van der Waals surface area contributed by atoms with Crippen molar-refractivity contribution in [3.63, 3.8) is 0 Å². The van der Waals surface area contributed by atoms with E-state index in [-0.39, 0.29) is 18.2 Å². The van der Waals surface area contributed by atoms with E-state index in [2.05, 4.69) is 5.32 Å². The Morgan fingerprint density at radius 2 is 2.08 bits per heavy atom. The Hall–Kier alpha value is -2.48. The van der Waals surface area contributed by atoms with Gasteiger partial charge in [-0.25, -0.2) is 0 Å². The van der Waals surface area contributed by atoms with Crippen molar-refractivity contribution in [2.45, 2.75) is 19.8 Å². The molecule has 1 unspecified atom stereocenters. The summed E-state index contributed by atoms with van der Waals surface area (Å²) in [5, 5.41) is 22.8. The highest BCUT2D eigenvalue weighted by molar-refractivity contribution is 5.96. The van der Waals surface area contributed by atoms with Gasteiger partial charge in [0.05, 0.1) is 10.8 Å². The van der Waals surface area contributed by atoms with E-state index in [1.807, 2.05) is 0 Å². The lowest BCUT2D eigenvalue weighted by atomic mass is 9.86. The molecule has 8 nitrogen and oxygen atoms in total. The number of carboxylic acids is 1. The maximum atomic E-state index is 12.3. The Balaban J connectivity index is 2.02. The fraction of sp³-hybridized carbons (Fsp3) is 0.500. The molecule has 1 aliphatic heterocycles. The molecule has 0 spiro atoms. The lowest BCUT2D eigenvalue weighted by Gasteiger charge is -2.27. The van der Waals surface area contributed by atoms with Crippen molar-refractivity contribution in [1.29, 1.82) is 0 Å². The number of rotatable bonds is 6. The molecule has 0 aromatic heterocycles. The van der Waals surface area contributed by atoms with Crippen LogP contribution in [0.3, 0.4) is 0 Å². The zero-order valence-electron chi connectivity index (χ0n) is 13.4. The average molecular weight is 336 g/mol. The van der Waals surface area contributed by atoms with Crippen molar-refractivity contribution >= 4 is 17.6 Å². The van der Waals surface area contributed by atoms with Crippen LogP contribution >= 0.6 is 0 Å². The molecule has 0 aliphatic carbocycles.